The number of hydrogen-bond donors (Lipinski definition) is 1. The van der Waals surface area contributed by atoms with E-state index in [1.54, 1.807) is 12.1 Å². The average Bonchev–Trinajstić information content (AvgIpc) is 2.83. The maximum Gasteiger partial charge on any atom is 0.148 e. The van der Waals surface area contributed by atoms with Gasteiger partial charge in [0.2, 0.25) is 0 Å². The average molecular weight is 353 g/mol. The van der Waals surface area contributed by atoms with Crippen LogP contribution >= 0.6 is 0 Å². The van der Waals surface area contributed by atoms with Crippen LogP contribution in [0.2, 0.25) is 0 Å². The minimum Gasteiger partial charge on any atom is -0.481 e. The van der Waals surface area contributed by atoms with Gasteiger partial charge in [-0.15, -0.1) is 6.42 Å². The molecular formula is C22H24FNO2. The number of aliphatic hydroxyl groups is 1. The molecule has 1 aliphatic rings. The molecule has 0 radical (unpaired) electrons. The highest BCUT2D eigenvalue weighted by Crippen LogP contribution is 2.33. The Morgan fingerprint density at radius 3 is 2.73 bits per heavy atom. The van der Waals surface area contributed by atoms with Crippen LogP contribution in [0.15, 0.2) is 48.5 Å². The topological polar surface area (TPSA) is 32.7 Å². The molecule has 0 aliphatic carbocycles. The lowest BCUT2D eigenvalue weighted by atomic mass is 9.87. The highest BCUT2D eigenvalue weighted by atomic mass is 19.1. The summed E-state index contributed by atoms with van der Waals surface area (Å²) in [7, 11) is 0. The number of hydrogen-bond acceptors (Lipinski definition) is 3. The van der Waals surface area contributed by atoms with Crippen molar-refractivity contribution in [2.75, 3.05) is 19.7 Å². The van der Waals surface area contributed by atoms with E-state index >= 15 is 0 Å². The molecular weight excluding hydrogens is 329 g/mol. The predicted molar refractivity (Wildman–Crippen MR) is 100 cm³/mol. The SMILES string of the molecule is C#CCOc1cccc(CN2CCC[C@](O)(c3ccc(F)cc3)CC2)c1. The van der Waals surface area contributed by atoms with Crippen molar-refractivity contribution in [2.24, 2.45) is 0 Å². The fraction of sp³-hybridized carbons (Fsp3) is 0.364. The lowest BCUT2D eigenvalue weighted by Crippen LogP contribution is -2.29. The molecule has 0 amide bonds. The summed E-state index contributed by atoms with van der Waals surface area (Å²) < 4.78 is 18.6. The third-order valence-electron chi connectivity index (χ3n) is 4.91. The molecule has 1 fully saturated rings. The molecule has 3 rings (SSSR count). The van der Waals surface area contributed by atoms with Crippen LogP contribution in [-0.4, -0.2) is 29.7 Å². The first-order chi connectivity index (χ1) is 12.6. The molecule has 1 atom stereocenters. The second kappa shape index (κ2) is 8.35. The number of nitrogens with zero attached hydrogens (tertiary/aromatic N) is 1. The molecule has 26 heavy (non-hydrogen) atoms. The molecule has 2 aromatic carbocycles. The summed E-state index contributed by atoms with van der Waals surface area (Å²) in [6, 6.07) is 14.2. The van der Waals surface area contributed by atoms with E-state index in [0.717, 1.165) is 42.9 Å². The third kappa shape index (κ3) is 4.63. The number of ether oxygens (including phenoxy) is 1. The Bertz CT molecular complexity index is 768. The molecule has 1 N–H and O–H groups in total. The summed E-state index contributed by atoms with van der Waals surface area (Å²) in [4.78, 5) is 2.34. The number of rotatable bonds is 5. The fourth-order valence-corrected chi connectivity index (χ4v) is 3.50. The minimum atomic E-state index is -0.889. The first-order valence-corrected chi connectivity index (χ1v) is 8.95. The second-order valence-corrected chi connectivity index (χ2v) is 6.81. The van der Waals surface area contributed by atoms with Gasteiger partial charge < -0.3 is 9.84 Å². The normalized spacial score (nSPS) is 21.0. The van der Waals surface area contributed by atoms with Crippen molar-refractivity contribution in [1.82, 2.24) is 4.90 Å². The largest absolute Gasteiger partial charge is 0.481 e. The van der Waals surface area contributed by atoms with Gasteiger partial charge in [0.05, 0.1) is 5.60 Å². The van der Waals surface area contributed by atoms with Crippen LogP contribution in [0.25, 0.3) is 0 Å². The Labute approximate surface area is 154 Å². The van der Waals surface area contributed by atoms with Crippen molar-refractivity contribution >= 4 is 0 Å². The Kier molecular flexibility index (Phi) is 5.92. The quantitative estimate of drug-likeness (QED) is 0.832. The number of likely N-dealkylation sites (tertiary alicyclic amines) is 1. The van der Waals surface area contributed by atoms with E-state index in [4.69, 9.17) is 11.2 Å². The van der Waals surface area contributed by atoms with E-state index in [9.17, 15) is 9.50 Å². The van der Waals surface area contributed by atoms with Crippen molar-refractivity contribution in [2.45, 2.75) is 31.4 Å². The first kappa shape index (κ1) is 18.4. The molecule has 0 unspecified atom stereocenters. The Morgan fingerprint density at radius 2 is 1.96 bits per heavy atom. The Morgan fingerprint density at radius 1 is 1.15 bits per heavy atom. The zero-order valence-electron chi connectivity index (χ0n) is 14.8. The second-order valence-electron chi connectivity index (χ2n) is 6.81. The molecule has 1 aliphatic heterocycles. The fourth-order valence-electron chi connectivity index (χ4n) is 3.50. The Balaban J connectivity index is 1.64. The number of benzene rings is 2. The summed E-state index contributed by atoms with van der Waals surface area (Å²) in [5.41, 5.74) is 1.07. The van der Waals surface area contributed by atoms with Gasteiger partial charge in [-0.1, -0.05) is 30.2 Å². The van der Waals surface area contributed by atoms with E-state index < -0.39 is 5.60 Å². The molecule has 1 saturated heterocycles. The molecule has 3 nitrogen and oxygen atoms in total. The van der Waals surface area contributed by atoms with E-state index in [0.29, 0.717) is 12.8 Å². The van der Waals surface area contributed by atoms with Crippen LogP contribution in [0.1, 0.15) is 30.4 Å². The van der Waals surface area contributed by atoms with Crippen LogP contribution in [-0.2, 0) is 12.1 Å². The van der Waals surface area contributed by atoms with Crippen molar-refractivity contribution in [3.63, 3.8) is 0 Å². The van der Waals surface area contributed by atoms with E-state index in [1.165, 1.54) is 12.1 Å². The van der Waals surface area contributed by atoms with Crippen molar-refractivity contribution < 1.29 is 14.2 Å². The maximum absolute atomic E-state index is 13.2. The number of halogens is 1. The Hall–Kier alpha value is -2.35. The van der Waals surface area contributed by atoms with Gasteiger partial charge >= 0.3 is 0 Å². The van der Waals surface area contributed by atoms with Crippen LogP contribution in [0.3, 0.4) is 0 Å². The molecule has 1 heterocycles. The van der Waals surface area contributed by atoms with Crippen molar-refractivity contribution in [3.05, 3.63) is 65.5 Å². The van der Waals surface area contributed by atoms with Crippen LogP contribution in [0.4, 0.5) is 4.39 Å². The number of terminal acetylenes is 1. The predicted octanol–water partition coefficient (Wildman–Crippen LogP) is 3.71. The lowest BCUT2D eigenvalue weighted by Gasteiger charge is -2.27. The molecule has 0 aromatic heterocycles. The smallest absolute Gasteiger partial charge is 0.148 e. The summed E-state index contributed by atoms with van der Waals surface area (Å²) >= 11 is 0. The molecule has 2 aromatic rings. The molecule has 136 valence electrons. The van der Waals surface area contributed by atoms with Gasteiger partial charge in [0, 0.05) is 13.1 Å². The maximum atomic E-state index is 13.2. The van der Waals surface area contributed by atoms with Crippen LogP contribution in [0.5, 0.6) is 5.75 Å². The zero-order chi connectivity index (χ0) is 18.4. The molecule has 0 saturated carbocycles. The summed E-state index contributed by atoms with van der Waals surface area (Å²) in [5.74, 6) is 2.97. The molecule has 4 heteroatoms. The van der Waals surface area contributed by atoms with E-state index in [-0.39, 0.29) is 12.4 Å². The van der Waals surface area contributed by atoms with Gasteiger partial charge in [-0.3, -0.25) is 4.90 Å². The summed E-state index contributed by atoms with van der Waals surface area (Å²) in [6.07, 6.45) is 7.44. The highest BCUT2D eigenvalue weighted by molar-refractivity contribution is 5.29. The van der Waals surface area contributed by atoms with Gasteiger partial charge in [-0.25, -0.2) is 4.39 Å². The first-order valence-electron chi connectivity index (χ1n) is 8.95. The minimum absolute atomic E-state index is 0.262. The molecule has 0 spiro atoms. The summed E-state index contributed by atoms with van der Waals surface area (Å²) in [5, 5.41) is 11.1. The van der Waals surface area contributed by atoms with Gasteiger partial charge in [-0.2, -0.15) is 0 Å². The standard InChI is InChI=1S/C22H24FNO2/c1-2-15-26-21-6-3-5-18(16-21)17-24-13-4-11-22(25,12-14-24)19-7-9-20(23)10-8-19/h1,3,5-10,16,25H,4,11-15,17H2/t22-/m1/s1. The lowest BCUT2D eigenvalue weighted by molar-refractivity contribution is 0.0209. The van der Waals surface area contributed by atoms with Crippen molar-refractivity contribution in [3.8, 4) is 18.1 Å². The third-order valence-corrected chi connectivity index (χ3v) is 4.91. The van der Waals surface area contributed by atoms with E-state index in [2.05, 4.69) is 16.9 Å². The van der Waals surface area contributed by atoms with Gasteiger partial charge in [0.1, 0.15) is 18.2 Å². The highest BCUT2D eigenvalue weighted by Gasteiger charge is 2.31. The van der Waals surface area contributed by atoms with E-state index in [1.807, 2.05) is 18.2 Å². The monoisotopic (exact) mass is 353 g/mol. The summed E-state index contributed by atoms with van der Waals surface area (Å²) in [6.45, 7) is 2.76. The van der Waals surface area contributed by atoms with Crippen LogP contribution in [0, 0.1) is 18.2 Å². The molecule has 0 bridgehead atoms. The van der Waals surface area contributed by atoms with Gasteiger partial charge in [-0.05, 0) is 61.2 Å². The van der Waals surface area contributed by atoms with Gasteiger partial charge in [0.25, 0.3) is 0 Å². The zero-order valence-corrected chi connectivity index (χ0v) is 14.8. The van der Waals surface area contributed by atoms with Gasteiger partial charge in [0.15, 0.2) is 0 Å². The van der Waals surface area contributed by atoms with Crippen LogP contribution < -0.4 is 4.74 Å². The van der Waals surface area contributed by atoms with Crippen molar-refractivity contribution in [1.29, 1.82) is 0 Å².